The number of amides is 3. The molecule has 4 rings (SSSR count). The smallest absolute Gasteiger partial charge is 0.329 e. The topological polar surface area (TPSA) is 84.9 Å². The van der Waals surface area contributed by atoms with E-state index in [4.69, 9.17) is 0 Å². The standard InChI is InChI=1S/C22H23BrF2N4O3/c23-14-7-8-18-15(13-14)22(32,20(30)26-9-4-12-28-10-1-2-11-28)29(21(31)27-18)19-16(24)5-3-6-17(19)25/h3,5-8,13,32H,1-2,4,9-12H2,(H,26,30)(H,27,31)/t22-/m1/s1. The molecule has 2 aliphatic heterocycles. The zero-order valence-electron chi connectivity index (χ0n) is 17.2. The zero-order chi connectivity index (χ0) is 22.9. The number of fused-ring (bicyclic) bond motifs is 1. The van der Waals surface area contributed by atoms with Gasteiger partial charge in [0, 0.05) is 16.6 Å². The van der Waals surface area contributed by atoms with Crippen LogP contribution in [-0.4, -0.2) is 48.1 Å². The molecule has 1 saturated heterocycles. The Balaban J connectivity index is 1.68. The lowest BCUT2D eigenvalue weighted by Gasteiger charge is -2.42. The van der Waals surface area contributed by atoms with E-state index < -0.39 is 35.0 Å². The van der Waals surface area contributed by atoms with Gasteiger partial charge in [-0.15, -0.1) is 0 Å². The largest absolute Gasteiger partial charge is 0.359 e. The third kappa shape index (κ3) is 4.10. The first-order chi connectivity index (χ1) is 15.3. The summed E-state index contributed by atoms with van der Waals surface area (Å²) in [7, 11) is 0. The van der Waals surface area contributed by atoms with E-state index in [1.807, 2.05) is 0 Å². The highest BCUT2D eigenvalue weighted by Crippen LogP contribution is 2.42. The van der Waals surface area contributed by atoms with Crippen LogP contribution in [0.15, 0.2) is 40.9 Å². The number of hydrogen-bond acceptors (Lipinski definition) is 4. The van der Waals surface area contributed by atoms with Crippen LogP contribution in [0.2, 0.25) is 0 Å². The van der Waals surface area contributed by atoms with Crippen molar-refractivity contribution >= 4 is 39.2 Å². The fourth-order valence-electron chi connectivity index (χ4n) is 4.18. The Hall–Kier alpha value is -2.56. The van der Waals surface area contributed by atoms with E-state index in [0.29, 0.717) is 15.8 Å². The Labute approximate surface area is 192 Å². The van der Waals surface area contributed by atoms with Crippen molar-refractivity contribution in [2.45, 2.75) is 25.0 Å². The van der Waals surface area contributed by atoms with Crippen molar-refractivity contribution in [3.8, 4) is 0 Å². The van der Waals surface area contributed by atoms with Gasteiger partial charge in [-0.05, 0) is 69.2 Å². The number of aliphatic hydroxyl groups is 1. The lowest BCUT2D eigenvalue weighted by Crippen LogP contribution is -2.63. The van der Waals surface area contributed by atoms with Gasteiger partial charge < -0.3 is 20.6 Å². The van der Waals surface area contributed by atoms with Crippen molar-refractivity contribution in [3.63, 3.8) is 0 Å². The third-order valence-electron chi connectivity index (χ3n) is 5.74. The van der Waals surface area contributed by atoms with Crippen molar-refractivity contribution in [1.82, 2.24) is 10.2 Å². The average molecular weight is 509 g/mol. The molecular formula is C22H23BrF2N4O3. The number of anilines is 2. The first kappa shape index (κ1) is 22.6. The average Bonchev–Trinajstić information content (AvgIpc) is 3.27. The molecule has 3 N–H and O–H groups in total. The van der Waals surface area contributed by atoms with Gasteiger partial charge in [0.1, 0.15) is 17.3 Å². The molecule has 0 aliphatic carbocycles. The number of nitrogens with one attached hydrogen (secondary N) is 2. The number of nitrogens with zero attached hydrogens (tertiary/aromatic N) is 2. The van der Waals surface area contributed by atoms with E-state index in [0.717, 1.165) is 50.7 Å². The lowest BCUT2D eigenvalue weighted by molar-refractivity contribution is -0.140. The number of carbonyl (C=O) groups is 2. The van der Waals surface area contributed by atoms with E-state index in [1.54, 1.807) is 6.07 Å². The van der Waals surface area contributed by atoms with E-state index in [1.165, 1.54) is 12.1 Å². The molecule has 0 aromatic heterocycles. The summed E-state index contributed by atoms with van der Waals surface area (Å²) in [4.78, 5) is 28.9. The van der Waals surface area contributed by atoms with E-state index in [2.05, 4.69) is 31.5 Å². The van der Waals surface area contributed by atoms with E-state index >= 15 is 0 Å². The molecule has 7 nitrogen and oxygen atoms in total. The molecule has 0 saturated carbocycles. The van der Waals surface area contributed by atoms with Crippen molar-refractivity contribution in [3.05, 3.63) is 58.1 Å². The summed E-state index contributed by atoms with van der Waals surface area (Å²) >= 11 is 3.29. The number of rotatable bonds is 6. The maximum Gasteiger partial charge on any atom is 0.329 e. The maximum atomic E-state index is 14.6. The second-order valence-corrected chi connectivity index (χ2v) is 8.77. The number of halogens is 3. The van der Waals surface area contributed by atoms with Gasteiger partial charge in [-0.2, -0.15) is 0 Å². The van der Waals surface area contributed by atoms with Crippen LogP contribution in [-0.2, 0) is 10.5 Å². The molecule has 2 aromatic carbocycles. The molecule has 32 heavy (non-hydrogen) atoms. The van der Waals surface area contributed by atoms with Gasteiger partial charge in [0.25, 0.3) is 11.6 Å². The highest BCUT2D eigenvalue weighted by Gasteiger charge is 2.53. The van der Waals surface area contributed by atoms with Gasteiger partial charge in [0.05, 0.1) is 5.69 Å². The number of urea groups is 1. The fraction of sp³-hybridized carbons (Fsp3) is 0.364. The number of carbonyl (C=O) groups excluding carboxylic acids is 2. The molecule has 2 aliphatic rings. The van der Waals surface area contributed by atoms with Crippen LogP contribution >= 0.6 is 15.9 Å². The zero-order valence-corrected chi connectivity index (χ0v) is 18.8. The van der Waals surface area contributed by atoms with Crippen LogP contribution in [0, 0.1) is 11.6 Å². The summed E-state index contributed by atoms with van der Waals surface area (Å²) < 4.78 is 29.8. The van der Waals surface area contributed by atoms with E-state index in [-0.39, 0.29) is 17.8 Å². The second-order valence-electron chi connectivity index (χ2n) is 7.86. The molecule has 0 unspecified atom stereocenters. The van der Waals surface area contributed by atoms with Crippen LogP contribution in [0.4, 0.5) is 25.0 Å². The molecule has 3 amide bonds. The van der Waals surface area contributed by atoms with Crippen molar-refractivity contribution in [2.24, 2.45) is 0 Å². The SMILES string of the molecule is O=C1Nc2ccc(Br)cc2[C@@](O)(C(=O)NCCCN2CCCC2)N1c1c(F)cccc1F. The Kier molecular flexibility index (Phi) is 6.45. The third-order valence-corrected chi connectivity index (χ3v) is 6.23. The van der Waals surface area contributed by atoms with Crippen LogP contribution in [0.25, 0.3) is 0 Å². The number of hydrogen-bond donors (Lipinski definition) is 3. The molecule has 0 spiro atoms. The van der Waals surface area contributed by atoms with Crippen LogP contribution in [0.5, 0.6) is 0 Å². The van der Waals surface area contributed by atoms with Crippen LogP contribution < -0.4 is 15.5 Å². The van der Waals surface area contributed by atoms with Crippen molar-refractivity contribution in [1.29, 1.82) is 0 Å². The molecule has 170 valence electrons. The normalized spacial score (nSPS) is 20.8. The van der Waals surface area contributed by atoms with E-state index in [9.17, 15) is 23.5 Å². The maximum absolute atomic E-state index is 14.6. The minimum atomic E-state index is -2.67. The molecule has 2 aromatic rings. The summed E-state index contributed by atoms with van der Waals surface area (Å²) in [6.45, 7) is 3.04. The molecule has 10 heteroatoms. The molecule has 0 bridgehead atoms. The number of para-hydroxylation sites is 1. The van der Waals surface area contributed by atoms with Gasteiger partial charge in [-0.25, -0.2) is 18.5 Å². The molecule has 1 atom stereocenters. The molecule has 1 fully saturated rings. The Morgan fingerprint density at radius 1 is 1.19 bits per heavy atom. The number of benzene rings is 2. The highest BCUT2D eigenvalue weighted by atomic mass is 79.9. The first-order valence-electron chi connectivity index (χ1n) is 10.4. The first-order valence-corrected chi connectivity index (χ1v) is 11.2. The highest BCUT2D eigenvalue weighted by molar-refractivity contribution is 9.10. The van der Waals surface area contributed by atoms with Gasteiger partial charge in [0.15, 0.2) is 0 Å². The Morgan fingerprint density at radius 2 is 1.88 bits per heavy atom. The van der Waals surface area contributed by atoms with Gasteiger partial charge in [-0.3, -0.25) is 4.79 Å². The minimum absolute atomic E-state index is 0.00818. The van der Waals surface area contributed by atoms with Crippen LogP contribution in [0.3, 0.4) is 0 Å². The van der Waals surface area contributed by atoms with Gasteiger partial charge in [0.2, 0.25) is 0 Å². The monoisotopic (exact) mass is 508 g/mol. The predicted octanol–water partition coefficient (Wildman–Crippen LogP) is 3.53. The molecule has 2 heterocycles. The summed E-state index contributed by atoms with van der Waals surface area (Å²) in [6, 6.07) is 6.57. The number of likely N-dealkylation sites (tertiary alicyclic amines) is 1. The minimum Gasteiger partial charge on any atom is -0.359 e. The predicted molar refractivity (Wildman–Crippen MR) is 119 cm³/mol. The summed E-state index contributed by atoms with van der Waals surface area (Å²) in [5.74, 6) is -3.12. The summed E-state index contributed by atoms with van der Waals surface area (Å²) in [5.41, 5.74) is -3.32. The molecule has 0 radical (unpaired) electrons. The summed E-state index contributed by atoms with van der Waals surface area (Å²) in [5, 5.41) is 16.8. The Bertz CT molecular complexity index is 1030. The van der Waals surface area contributed by atoms with Crippen molar-refractivity contribution < 1.29 is 23.5 Å². The van der Waals surface area contributed by atoms with Gasteiger partial charge in [-0.1, -0.05) is 22.0 Å². The second kappa shape index (κ2) is 9.13. The quantitative estimate of drug-likeness (QED) is 0.521. The fourth-order valence-corrected chi connectivity index (χ4v) is 4.54. The van der Waals surface area contributed by atoms with Crippen LogP contribution in [0.1, 0.15) is 24.8 Å². The van der Waals surface area contributed by atoms with Crippen molar-refractivity contribution in [2.75, 3.05) is 36.4 Å². The molecular weight excluding hydrogens is 486 g/mol. The lowest BCUT2D eigenvalue weighted by atomic mass is 9.94. The Morgan fingerprint density at radius 3 is 2.56 bits per heavy atom. The summed E-state index contributed by atoms with van der Waals surface area (Å²) in [6.07, 6.45) is 2.93. The van der Waals surface area contributed by atoms with Gasteiger partial charge >= 0.3 is 6.03 Å².